The number of piperidine rings is 1. The fourth-order valence-electron chi connectivity index (χ4n) is 3.19. The zero-order chi connectivity index (χ0) is 20.1. The fraction of sp³-hybridized carbons (Fsp3) is 0.421. The standard InChI is InChI=1S/C19H23F2N3O3S/c1-2-27-13-14-4-3-9-24(12-14)19-8-6-16(11-22-19)28(25,26)23-15-5-7-17(20)18(21)10-15/h5-8,10-11,14,23H,2-4,9,12-13H2,1H3. The Balaban J connectivity index is 1.69. The average molecular weight is 411 g/mol. The van der Waals surface area contributed by atoms with Crippen LogP contribution in [0.15, 0.2) is 41.4 Å². The molecule has 0 radical (unpaired) electrons. The van der Waals surface area contributed by atoms with E-state index in [9.17, 15) is 17.2 Å². The number of sulfonamides is 1. The number of benzene rings is 1. The summed E-state index contributed by atoms with van der Waals surface area (Å²) in [5.74, 6) is -1.04. The number of aromatic nitrogens is 1. The van der Waals surface area contributed by atoms with E-state index in [1.807, 2.05) is 6.92 Å². The van der Waals surface area contributed by atoms with E-state index in [-0.39, 0.29) is 10.6 Å². The second-order valence-corrected chi connectivity index (χ2v) is 8.38. The Morgan fingerprint density at radius 1 is 1.25 bits per heavy atom. The molecule has 28 heavy (non-hydrogen) atoms. The lowest BCUT2D eigenvalue weighted by Crippen LogP contribution is -2.37. The number of pyridine rings is 1. The minimum atomic E-state index is -3.95. The molecule has 1 unspecified atom stereocenters. The lowest BCUT2D eigenvalue weighted by molar-refractivity contribution is 0.104. The molecule has 0 bridgehead atoms. The Bertz CT molecular complexity index is 907. The topological polar surface area (TPSA) is 71.5 Å². The van der Waals surface area contributed by atoms with Crippen LogP contribution in [-0.2, 0) is 14.8 Å². The molecular formula is C19H23F2N3O3S. The number of anilines is 2. The third kappa shape index (κ3) is 4.96. The highest BCUT2D eigenvalue weighted by molar-refractivity contribution is 7.92. The molecule has 0 amide bonds. The summed E-state index contributed by atoms with van der Waals surface area (Å²) in [6, 6.07) is 5.92. The van der Waals surface area contributed by atoms with Gasteiger partial charge in [0, 0.05) is 32.0 Å². The maximum Gasteiger partial charge on any atom is 0.263 e. The number of hydrogen-bond acceptors (Lipinski definition) is 5. The van der Waals surface area contributed by atoms with Gasteiger partial charge in [-0.25, -0.2) is 22.2 Å². The van der Waals surface area contributed by atoms with E-state index < -0.39 is 21.7 Å². The predicted molar refractivity (Wildman–Crippen MR) is 103 cm³/mol. The van der Waals surface area contributed by atoms with Gasteiger partial charge in [0.1, 0.15) is 10.7 Å². The van der Waals surface area contributed by atoms with Gasteiger partial charge in [-0.1, -0.05) is 0 Å². The molecule has 152 valence electrons. The van der Waals surface area contributed by atoms with E-state index in [1.54, 1.807) is 6.07 Å². The molecule has 0 saturated carbocycles. The van der Waals surface area contributed by atoms with Crippen LogP contribution in [-0.4, -0.2) is 39.7 Å². The SMILES string of the molecule is CCOCC1CCCN(c2ccc(S(=O)(=O)Nc3ccc(F)c(F)c3)cn2)C1. The van der Waals surface area contributed by atoms with E-state index in [0.29, 0.717) is 24.9 Å². The Hall–Kier alpha value is -2.26. The van der Waals surface area contributed by atoms with Crippen LogP contribution >= 0.6 is 0 Å². The molecule has 1 atom stereocenters. The predicted octanol–water partition coefficient (Wildman–Crippen LogP) is 3.41. The first-order chi connectivity index (χ1) is 13.4. The van der Waals surface area contributed by atoms with Gasteiger partial charge in [0.25, 0.3) is 10.0 Å². The molecule has 3 rings (SSSR count). The van der Waals surface area contributed by atoms with Gasteiger partial charge in [-0.2, -0.15) is 0 Å². The second kappa shape index (κ2) is 8.83. The third-order valence-corrected chi connectivity index (χ3v) is 5.97. The zero-order valence-electron chi connectivity index (χ0n) is 15.6. The maximum atomic E-state index is 13.3. The van der Waals surface area contributed by atoms with Gasteiger partial charge in [0.2, 0.25) is 0 Å². The third-order valence-electron chi connectivity index (χ3n) is 4.60. The van der Waals surface area contributed by atoms with E-state index in [2.05, 4.69) is 14.6 Å². The summed E-state index contributed by atoms with van der Waals surface area (Å²) in [5, 5.41) is 0. The van der Waals surface area contributed by atoms with E-state index in [4.69, 9.17) is 4.74 Å². The van der Waals surface area contributed by atoms with Gasteiger partial charge in [0.05, 0.1) is 12.3 Å². The number of nitrogens with zero attached hydrogens (tertiary/aromatic N) is 2. The van der Waals surface area contributed by atoms with E-state index in [1.165, 1.54) is 12.3 Å². The van der Waals surface area contributed by atoms with E-state index in [0.717, 1.165) is 44.1 Å². The molecule has 0 aliphatic carbocycles. The summed E-state index contributed by atoms with van der Waals surface area (Å²) in [6.45, 7) is 5.03. The Morgan fingerprint density at radius 2 is 2.07 bits per heavy atom. The second-order valence-electron chi connectivity index (χ2n) is 6.70. The maximum absolute atomic E-state index is 13.3. The highest BCUT2D eigenvalue weighted by Crippen LogP contribution is 2.24. The average Bonchev–Trinajstić information content (AvgIpc) is 2.69. The van der Waals surface area contributed by atoms with Crippen molar-refractivity contribution in [2.24, 2.45) is 5.92 Å². The molecule has 1 N–H and O–H groups in total. The van der Waals surface area contributed by atoms with Crippen molar-refractivity contribution < 1.29 is 21.9 Å². The lowest BCUT2D eigenvalue weighted by Gasteiger charge is -2.33. The Labute approximate surface area is 163 Å². The van der Waals surface area contributed by atoms with Gasteiger partial charge in [0.15, 0.2) is 11.6 Å². The van der Waals surface area contributed by atoms with Crippen molar-refractivity contribution in [3.8, 4) is 0 Å². The minimum absolute atomic E-state index is 0.0520. The van der Waals surface area contributed by atoms with Crippen LogP contribution in [0.25, 0.3) is 0 Å². The summed E-state index contributed by atoms with van der Waals surface area (Å²) >= 11 is 0. The molecule has 1 aromatic heterocycles. The highest BCUT2D eigenvalue weighted by Gasteiger charge is 2.22. The van der Waals surface area contributed by atoms with Gasteiger partial charge in [-0.15, -0.1) is 0 Å². The normalized spacial score (nSPS) is 17.5. The van der Waals surface area contributed by atoms with Gasteiger partial charge in [-0.3, -0.25) is 4.72 Å². The number of nitrogens with one attached hydrogen (secondary N) is 1. The molecule has 1 aliphatic rings. The van der Waals surface area contributed by atoms with Crippen LogP contribution in [0, 0.1) is 17.6 Å². The van der Waals surface area contributed by atoms with Crippen molar-refractivity contribution >= 4 is 21.5 Å². The quantitative estimate of drug-likeness (QED) is 0.756. The van der Waals surface area contributed by atoms with Crippen molar-refractivity contribution in [1.82, 2.24) is 4.98 Å². The van der Waals surface area contributed by atoms with Crippen LogP contribution in [0.5, 0.6) is 0 Å². The molecule has 1 aliphatic heterocycles. The summed E-state index contributed by atoms with van der Waals surface area (Å²) in [4.78, 5) is 6.35. The molecule has 1 aromatic carbocycles. The van der Waals surface area contributed by atoms with E-state index >= 15 is 0 Å². The van der Waals surface area contributed by atoms with Gasteiger partial charge >= 0.3 is 0 Å². The number of hydrogen-bond donors (Lipinski definition) is 1. The van der Waals surface area contributed by atoms with Crippen LogP contribution in [0.4, 0.5) is 20.3 Å². The Morgan fingerprint density at radius 3 is 2.75 bits per heavy atom. The Kier molecular flexibility index (Phi) is 6.46. The van der Waals surface area contributed by atoms with Crippen LogP contribution in [0.2, 0.25) is 0 Å². The van der Waals surface area contributed by atoms with Crippen molar-refractivity contribution in [3.05, 3.63) is 48.2 Å². The number of ether oxygens (including phenoxy) is 1. The lowest BCUT2D eigenvalue weighted by atomic mass is 9.99. The summed E-state index contributed by atoms with van der Waals surface area (Å²) in [6.07, 6.45) is 3.39. The molecule has 1 saturated heterocycles. The summed E-state index contributed by atoms with van der Waals surface area (Å²) < 4.78 is 58.9. The van der Waals surface area contributed by atoms with Crippen molar-refractivity contribution in [1.29, 1.82) is 0 Å². The van der Waals surface area contributed by atoms with Crippen molar-refractivity contribution in [2.45, 2.75) is 24.7 Å². The first-order valence-corrected chi connectivity index (χ1v) is 10.6. The largest absolute Gasteiger partial charge is 0.381 e. The molecule has 2 heterocycles. The van der Waals surface area contributed by atoms with Gasteiger partial charge < -0.3 is 9.64 Å². The molecular weight excluding hydrogens is 388 g/mol. The minimum Gasteiger partial charge on any atom is -0.381 e. The summed E-state index contributed by atoms with van der Waals surface area (Å²) in [7, 11) is -3.95. The van der Waals surface area contributed by atoms with Crippen molar-refractivity contribution in [2.75, 3.05) is 35.9 Å². The van der Waals surface area contributed by atoms with Crippen LogP contribution in [0.1, 0.15) is 19.8 Å². The van der Waals surface area contributed by atoms with Crippen molar-refractivity contribution in [3.63, 3.8) is 0 Å². The summed E-state index contributed by atoms with van der Waals surface area (Å²) in [5.41, 5.74) is -0.0576. The first kappa shape index (κ1) is 20.5. The van der Waals surface area contributed by atoms with Crippen LogP contribution < -0.4 is 9.62 Å². The monoisotopic (exact) mass is 411 g/mol. The zero-order valence-corrected chi connectivity index (χ0v) is 16.4. The number of halogens is 2. The molecule has 1 fully saturated rings. The fourth-order valence-corrected chi connectivity index (χ4v) is 4.18. The van der Waals surface area contributed by atoms with Crippen LogP contribution in [0.3, 0.4) is 0 Å². The molecule has 2 aromatic rings. The van der Waals surface area contributed by atoms with Gasteiger partial charge in [-0.05, 0) is 49.9 Å². The smallest absolute Gasteiger partial charge is 0.263 e. The molecule has 0 spiro atoms. The number of rotatable bonds is 7. The molecule has 9 heteroatoms. The first-order valence-electron chi connectivity index (χ1n) is 9.15. The molecule has 6 nitrogen and oxygen atoms in total. The highest BCUT2D eigenvalue weighted by atomic mass is 32.2.